The zero-order chi connectivity index (χ0) is 15.0. The fourth-order valence-corrected chi connectivity index (χ4v) is 1.83. The predicted molar refractivity (Wildman–Crippen MR) is 80.0 cm³/mol. The van der Waals surface area contributed by atoms with Gasteiger partial charge in [-0.3, -0.25) is 4.79 Å². The van der Waals surface area contributed by atoms with Gasteiger partial charge in [-0.15, -0.1) is 6.58 Å². The van der Waals surface area contributed by atoms with Crippen molar-refractivity contribution in [2.45, 2.75) is 6.92 Å². The molecule has 20 heavy (non-hydrogen) atoms. The van der Waals surface area contributed by atoms with Crippen LogP contribution in [0.15, 0.2) is 30.9 Å². The van der Waals surface area contributed by atoms with Gasteiger partial charge >= 0.3 is 0 Å². The van der Waals surface area contributed by atoms with Gasteiger partial charge in [0, 0.05) is 20.2 Å². The molecule has 0 bridgehead atoms. The van der Waals surface area contributed by atoms with E-state index in [2.05, 4.69) is 6.58 Å². The molecule has 0 aliphatic heterocycles. The van der Waals surface area contributed by atoms with E-state index in [1.807, 2.05) is 6.92 Å². The molecule has 5 nitrogen and oxygen atoms in total. The van der Waals surface area contributed by atoms with E-state index in [0.29, 0.717) is 43.3 Å². The maximum atomic E-state index is 12.6. The second-order valence-corrected chi connectivity index (χ2v) is 4.19. The molecule has 2 N–H and O–H groups in total. The Hall–Kier alpha value is -2.01. The number of carbonyl (C=O) groups excluding carboxylic acids is 1. The Bertz CT molecular complexity index is 460. The molecule has 0 radical (unpaired) electrons. The highest BCUT2D eigenvalue weighted by Crippen LogP contribution is 2.27. The number of nitrogens with two attached hydrogens (primary N) is 1. The zero-order valence-corrected chi connectivity index (χ0v) is 12.1. The molecular formula is C15H22N2O3. The van der Waals surface area contributed by atoms with E-state index in [1.165, 1.54) is 0 Å². The standard InChI is InChI=1S/C15H22N2O3/c1-4-9-17(10-11-19-3)15(18)12-7-6-8-13(16)14(12)20-5-2/h4,6-8H,1,5,9-11,16H2,2-3H3. The van der Waals surface area contributed by atoms with Crippen molar-refractivity contribution in [2.75, 3.05) is 39.1 Å². The van der Waals surface area contributed by atoms with Gasteiger partial charge in [-0.25, -0.2) is 0 Å². The number of carbonyl (C=O) groups is 1. The van der Waals surface area contributed by atoms with Crippen LogP contribution in [0.5, 0.6) is 5.75 Å². The van der Waals surface area contributed by atoms with Crippen molar-refractivity contribution >= 4 is 11.6 Å². The van der Waals surface area contributed by atoms with E-state index in [0.717, 1.165) is 0 Å². The molecule has 1 amide bonds. The Labute approximate surface area is 120 Å². The number of nitrogens with zero attached hydrogens (tertiary/aromatic N) is 1. The highest BCUT2D eigenvalue weighted by atomic mass is 16.5. The molecule has 110 valence electrons. The topological polar surface area (TPSA) is 64.8 Å². The molecule has 0 fully saturated rings. The van der Waals surface area contributed by atoms with Crippen molar-refractivity contribution in [2.24, 2.45) is 0 Å². The molecule has 0 heterocycles. The summed E-state index contributed by atoms with van der Waals surface area (Å²) in [5.74, 6) is 0.296. The summed E-state index contributed by atoms with van der Waals surface area (Å²) >= 11 is 0. The molecule has 1 aromatic rings. The average Bonchev–Trinajstić information content (AvgIpc) is 2.45. The Morgan fingerprint density at radius 2 is 2.25 bits per heavy atom. The second kappa shape index (κ2) is 8.22. The van der Waals surface area contributed by atoms with Gasteiger partial charge in [-0.2, -0.15) is 0 Å². The van der Waals surface area contributed by atoms with Crippen LogP contribution in [0.25, 0.3) is 0 Å². The summed E-state index contributed by atoms with van der Waals surface area (Å²) in [6, 6.07) is 5.18. The minimum Gasteiger partial charge on any atom is -0.491 e. The molecule has 0 aliphatic rings. The quantitative estimate of drug-likeness (QED) is 0.583. The fourth-order valence-electron chi connectivity index (χ4n) is 1.83. The van der Waals surface area contributed by atoms with Crippen LogP contribution < -0.4 is 10.5 Å². The van der Waals surface area contributed by atoms with Crippen LogP contribution in [-0.2, 0) is 4.74 Å². The average molecular weight is 278 g/mol. The summed E-state index contributed by atoms with van der Waals surface area (Å²) in [6.45, 7) is 7.38. The van der Waals surface area contributed by atoms with Gasteiger partial charge in [-0.1, -0.05) is 12.1 Å². The van der Waals surface area contributed by atoms with Gasteiger partial charge in [0.25, 0.3) is 5.91 Å². The number of anilines is 1. The zero-order valence-electron chi connectivity index (χ0n) is 12.1. The maximum absolute atomic E-state index is 12.6. The van der Waals surface area contributed by atoms with Crippen molar-refractivity contribution in [1.29, 1.82) is 0 Å². The lowest BCUT2D eigenvalue weighted by molar-refractivity contribution is 0.0714. The van der Waals surface area contributed by atoms with E-state index in [4.69, 9.17) is 15.2 Å². The maximum Gasteiger partial charge on any atom is 0.258 e. The number of para-hydroxylation sites is 1. The SMILES string of the molecule is C=CCN(CCOC)C(=O)c1cccc(N)c1OCC. The van der Waals surface area contributed by atoms with Gasteiger partial charge in [0.2, 0.25) is 0 Å². The fraction of sp³-hybridized carbons (Fsp3) is 0.400. The van der Waals surface area contributed by atoms with Crippen LogP contribution in [0.1, 0.15) is 17.3 Å². The normalized spacial score (nSPS) is 10.1. The minimum atomic E-state index is -0.141. The van der Waals surface area contributed by atoms with Crippen LogP contribution in [-0.4, -0.2) is 44.2 Å². The first kappa shape index (κ1) is 16.0. The Kier molecular flexibility index (Phi) is 6.59. The molecule has 0 unspecified atom stereocenters. The first-order valence-electron chi connectivity index (χ1n) is 6.56. The molecule has 0 saturated heterocycles. The van der Waals surface area contributed by atoms with Crippen LogP contribution in [0.4, 0.5) is 5.69 Å². The summed E-state index contributed by atoms with van der Waals surface area (Å²) < 4.78 is 10.5. The van der Waals surface area contributed by atoms with E-state index >= 15 is 0 Å². The van der Waals surface area contributed by atoms with Crippen LogP contribution in [0.2, 0.25) is 0 Å². The first-order chi connectivity index (χ1) is 9.65. The lowest BCUT2D eigenvalue weighted by Gasteiger charge is -2.22. The number of methoxy groups -OCH3 is 1. The summed E-state index contributed by atoms with van der Waals surface area (Å²) in [6.07, 6.45) is 1.68. The predicted octanol–water partition coefficient (Wildman–Crippen LogP) is 1.94. The van der Waals surface area contributed by atoms with E-state index in [-0.39, 0.29) is 5.91 Å². The number of benzene rings is 1. The molecule has 1 rings (SSSR count). The number of hydrogen-bond donors (Lipinski definition) is 1. The monoisotopic (exact) mass is 278 g/mol. The van der Waals surface area contributed by atoms with Gasteiger partial charge in [0.05, 0.1) is 24.5 Å². The summed E-state index contributed by atoms with van der Waals surface area (Å²) in [4.78, 5) is 14.2. The number of hydrogen-bond acceptors (Lipinski definition) is 4. The molecule has 0 atom stereocenters. The molecule has 0 spiro atoms. The third kappa shape index (κ3) is 3.99. The third-order valence-corrected chi connectivity index (χ3v) is 2.77. The first-order valence-corrected chi connectivity index (χ1v) is 6.56. The summed E-state index contributed by atoms with van der Waals surface area (Å²) in [5.41, 5.74) is 6.80. The van der Waals surface area contributed by atoms with E-state index in [9.17, 15) is 4.79 Å². The van der Waals surface area contributed by atoms with Crippen LogP contribution >= 0.6 is 0 Å². The molecule has 0 saturated carbocycles. The lowest BCUT2D eigenvalue weighted by atomic mass is 10.1. The van der Waals surface area contributed by atoms with Crippen LogP contribution in [0, 0.1) is 0 Å². The number of ether oxygens (including phenoxy) is 2. The number of amides is 1. The van der Waals surface area contributed by atoms with E-state index < -0.39 is 0 Å². The third-order valence-electron chi connectivity index (χ3n) is 2.77. The van der Waals surface area contributed by atoms with Crippen molar-refractivity contribution in [3.63, 3.8) is 0 Å². The molecule has 1 aromatic carbocycles. The highest BCUT2D eigenvalue weighted by molar-refractivity contribution is 5.98. The molecular weight excluding hydrogens is 256 g/mol. The van der Waals surface area contributed by atoms with Gasteiger partial charge < -0.3 is 20.1 Å². The number of nitrogen functional groups attached to an aromatic ring is 1. The minimum absolute atomic E-state index is 0.141. The van der Waals surface area contributed by atoms with Gasteiger partial charge in [-0.05, 0) is 19.1 Å². The number of rotatable bonds is 8. The van der Waals surface area contributed by atoms with Crippen molar-refractivity contribution < 1.29 is 14.3 Å². The lowest BCUT2D eigenvalue weighted by Crippen LogP contribution is -2.34. The highest BCUT2D eigenvalue weighted by Gasteiger charge is 2.20. The Balaban J connectivity index is 3.03. The Morgan fingerprint density at radius 3 is 2.85 bits per heavy atom. The van der Waals surface area contributed by atoms with Crippen molar-refractivity contribution in [3.8, 4) is 5.75 Å². The molecule has 0 aromatic heterocycles. The summed E-state index contributed by atoms with van der Waals surface area (Å²) in [5, 5.41) is 0. The molecule has 5 heteroatoms. The smallest absolute Gasteiger partial charge is 0.258 e. The second-order valence-electron chi connectivity index (χ2n) is 4.19. The Morgan fingerprint density at radius 1 is 1.50 bits per heavy atom. The van der Waals surface area contributed by atoms with Gasteiger partial charge in [0.15, 0.2) is 5.75 Å². The summed E-state index contributed by atoms with van der Waals surface area (Å²) in [7, 11) is 1.60. The molecule has 0 aliphatic carbocycles. The van der Waals surface area contributed by atoms with Crippen molar-refractivity contribution in [3.05, 3.63) is 36.4 Å². The van der Waals surface area contributed by atoms with Crippen molar-refractivity contribution in [1.82, 2.24) is 4.90 Å². The van der Waals surface area contributed by atoms with E-state index in [1.54, 1.807) is 36.3 Å². The van der Waals surface area contributed by atoms with Crippen LogP contribution in [0.3, 0.4) is 0 Å². The largest absolute Gasteiger partial charge is 0.491 e. The van der Waals surface area contributed by atoms with Gasteiger partial charge in [0.1, 0.15) is 0 Å².